The Labute approximate surface area is 186 Å². The number of piperidine rings is 1. The van der Waals surface area contributed by atoms with Crippen molar-refractivity contribution in [2.45, 2.75) is 25.9 Å². The first-order chi connectivity index (χ1) is 15.5. The van der Waals surface area contributed by atoms with Crippen LogP contribution in [0.5, 0.6) is 5.88 Å². The zero-order valence-electron chi connectivity index (χ0n) is 18.1. The number of ether oxygens (including phenoxy) is 2. The van der Waals surface area contributed by atoms with Crippen molar-refractivity contribution in [1.82, 2.24) is 14.8 Å². The van der Waals surface area contributed by atoms with Gasteiger partial charge in [0.2, 0.25) is 5.88 Å². The summed E-state index contributed by atoms with van der Waals surface area (Å²) < 4.78 is 25.1. The van der Waals surface area contributed by atoms with E-state index in [-0.39, 0.29) is 23.6 Å². The van der Waals surface area contributed by atoms with Gasteiger partial charge in [-0.15, -0.1) is 0 Å². The maximum absolute atomic E-state index is 14.0. The largest absolute Gasteiger partial charge is 0.474 e. The Morgan fingerprint density at radius 3 is 2.53 bits per heavy atom. The number of carbonyl (C=O) groups is 2. The van der Waals surface area contributed by atoms with E-state index in [4.69, 9.17) is 9.47 Å². The van der Waals surface area contributed by atoms with Gasteiger partial charge in [-0.3, -0.25) is 4.79 Å². The van der Waals surface area contributed by atoms with Gasteiger partial charge in [0.1, 0.15) is 11.9 Å². The van der Waals surface area contributed by atoms with Gasteiger partial charge in [-0.1, -0.05) is 6.07 Å². The molecular formula is C23H27FN4O4. The van der Waals surface area contributed by atoms with E-state index < -0.39 is 5.82 Å². The Hall–Kier alpha value is -3.20. The molecule has 8 nitrogen and oxygen atoms in total. The minimum atomic E-state index is -0.526. The maximum Gasteiger partial charge on any atom is 0.322 e. The lowest BCUT2D eigenvalue weighted by atomic mass is 10.1. The van der Waals surface area contributed by atoms with Crippen molar-refractivity contribution in [2.24, 2.45) is 0 Å². The zero-order valence-corrected chi connectivity index (χ0v) is 18.1. The minimum Gasteiger partial charge on any atom is -0.474 e. The Kier molecular flexibility index (Phi) is 6.84. The third kappa shape index (κ3) is 5.34. The van der Waals surface area contributed by atoms with Gasteiger partial charge in [0.25, 0.3) is 5.91 Å². The molecule has 170 valence electrons. The van der Waals surface area contributed by atoms with Crippen LogP contribution in [0.15, 0.2) is 36.5 Å². The average Bonchev–Trinajstić information content (AvgIpc) is 2.82. The molecule has 2 aromatic rings. The van der Waals surface area contributed by atoms with Crippen LogP contribution in [0, 0.1) is 12.7 Å². The smallest absolute Gasteiger partial charge is 0.322 e. The lowest BCUT2D eigenvalue weighted by Gasteiger charge is -2.32. The first kappa shape index (κ1) is 22.0. The van der Waals surface area contributed by atoms with Crippen LogP contribution in [0.25, 0.3) is 0 Å². The number of rotatable bonds is 4. The number of hydrogen-bond acceptors (Lipinski definition) is 5. The van der Waals surface area contributed by atoms with Crippen molar-refractivity contribution >= 4 is 17.6 Å². The van der Waals surface area contributed by atoms with E-state index in [1.165, 1.54) is 18.2 Å². The second-order valence-electron chi connectivity index (χ2n) is 8.00. The van der Waals surface area contributed by atoms with Crippen LogP contribution in [0.3, 0.4) is 0 Å². The van der Waals surface area contributed by atoms with Crippen molar-refractivity contribution in [1.29, 1.82) is 0 Å². The molecule has 2 fully saturated rings. The molecule has 4 rings (SSSR count). The monoisotopic (exact) mass is 442 g/mol. The molecule has 3 amide bonds. The van der Waals surface area contributed by atoms with E-state index in [0.29, 0.717) is 63.8 Å². The predicted molar refractivity (Wildman–Crippen MR) is 116 cm³/mol. The molecule has 2 aliphatic heterocycles. The van der Waals surface area contributed by atoms with Crippen LogP contribution in [0.2, 0.25) is 0 Å². The minimum absolute atomic E-state index is 0.0396. The molecule has 0 unspecified atom stereocenters. The van der Waals surface area contributed by atoms with Gasteiger partial charge in [0.05, 0.1) is 24.5 Å². The van der Waals surface area contributed by atoms with E-state index in [9.17, 15) is 14.0 Å². The number of likely N-dealkylation sites (tertiary alicyclic amines) is 1. The number of anilines is 1. The maximum atomic E-state index is 14.0. The number of aromatic nitrogens is 1. The molecule has 0 atom stereocenters. The van der Waals surface area contributed by atoms with Crippen molar-refractivity contribution in [3.05, 3.63) is 53.5 Å². The fourth-order valence-corrected chi connectivity index (χ4v) is 3.80. The number of halogens is 1. The number of nitrogens with zero attached hydrogens (tertiary/aromatic N) is 3. The van der Waals surface area contributed by atoms with Gasteiger partial charge in [0.15, 0.2) is 0 Å². The molecule has 0 spiro atoms. The van der Waals surface area contributed by atoms with Crippen LogP contribution < -0.4 is 10.1 Å². The van der Waals surface area contributed by atoms with Crippen LogP contribution in [0.4, 0.5) is 14.9 Å². The number of carbonyl (C=O) groups excluding carboxylic acids is 2. The number of urea groups is 1. The Balaban J connectivity index is 1.39. The fraction of sp³-hybridized carbons (Fsp3) is 0.435. The summed E-state index contributed by atoms with van der Waals surface area (Å²) in [4.78, 5) is 33.3. The van der Waals surface area contributed by atoms with E-state index >= 15 is 0 Å². The summed E-state index contributed by atoms with van der Waals surface area (Å²) >= 11 is 0. The summed E-state index contributed by atoms with van der Waals surface area (Å²) in [7, 11) is 0. The molecule has 9 heteroatoms. The molecule has 2 aliphatic rings. The number of amides is 3. The van der Waals surface area contributed by atoms with Crippen LogP contribution in [-0.4, -0.2) is 72.2 Å². The number of morpholine rings is 1. The predicted octanol–water partition coefficient (Wildman–Crippen LogP) is 3.08. The van der Waals surface area contributed by atoms with Crippen molar-refractivity contribution in [3.63, 3.8) is 0 Å². The summed E-state index contributed by atoms with van der Waals surface area (Å²) in [5.41, 5.74) is 1.51. The van der Waals surface area contributed by atoms with Gasteiger partial charge in [0, 0.05) is 51.3 Å². The fourth-order valence-electron chi connectivity index (χ4n) is 3.80. The zero-order chi connectivity index (χ0) is 22.5. The normalized spacial score (nSPS) is 17.2. The SMILES string of the molecule is Cc1ccc(OC2CCN(C(=O)c3cc(F)ccc3NC(=O)N3CCOCC3)CC2)nc1. The summed E-state index contributed by atoms with van der Waals surface area (Å²) in [6.45, 7) is 4.80. The lowest BCUT2D eigenvalue weighted by Crippen LogP contribution is -2.44. The first-order valence-corrected chi connectivity index (χ1v) is 10.8. The number of pyridine rings is 1. The molecule has 3 heterocycles. The molecule has 0 saturated carbocycles. The summed E-state index contributed by atoms with van der Waals surface area (Å²) in [6, 6.07) is 7.29. The van der Waals surface area contributed by atoms with Crippen molar-refractivity contribution in [3.8, 4) is 5.88 Å². The second-order valence-corrected chi connectivity index (χ2v) is 8.00. The van der Waals surface area contributed by atoms with Crippen LogP contribution in [-0.2, 0) is 4.74 Å². The highest BCUT2D eigenvalue weighted by atomic mass is 19.1. The summed E-state index contributed by atoms with van der Waals surface area (Å²) in [5.74, 6) is -0.270. The Morgan fingerprint density at radius 2 is 1.84 bits per heavy atom. The molecule has 2 saturated heterocycles. The van der Waals surface area contributed by atoms with Gasteiger partial charge < -0.3 is 24.6 Å². The quantitative estimate of drug-likeness (QED) is 0.787. The molecule has 0 bridgehead atoms. The highest BCUT2D eigenvalue weighted by Gasteiger charge is 2.27. The van der Waals surface area contributed by atoms with Gasteiger partial charge in [-0.2, -0.15) is 0 Å². The highest BCUT2D eigenvalue weighted by molar-refractivity contribution is 6.03. The van der Waals surface area contributed by atoms with Gasteiger partial charge in [-0.05, 0) is 30.7 Å². The van der Waals surface area contributed by atoms with Crippen molar-refractivity contribution < 1.29 is 23.5 Å². The number of nitrogens with one attached hydrogen (secondary N) is 1. The molecule has 1 N–H and O–H groups in total. The molecule has 0 radical (unpaired) electrons. The van der Waals surface area contributed by atoms with E-state index in [1.54, 1.807) is 16.0 Å². The third-order valence-corrected chi connectivity index (χ3v) is 5.65. The van der Waals surface area contributed by atoms with Gasteiger partial charge >= 0.3 is 6.03 Å². The first-order valence-electron chi connectivity index (χ1n) is 10.8. The van der Waals surface area contributed by atoms with Crippen LogP contribution in [0.1, 0.15) is 28.8 Å². The van der Waals surface area contributed by atoms with Gasteiger partial charge in [-0.25, -0.2) is 14.2 Å². The summed E-state index contributed by atoms with van der Waals surface area (Å²) in [6.07, 6.45) is 3.00. The number of hydrogen-bond donors (Lipinski definition) is 1. The van der Waals surface area contributed by atoms with Crippen molar-refractivity contribution in [2.75, 3.05) is 44.7 Å². The number of benzene rings is 1. The third-order valence-electron chi connectivity index (χ3n) is 5.65. The molecule has 0 aliphatic carbocycles. The molecule has 1 aromatic heterocycles. The molecule has 1 aromatic carbocycles. The van der Waals surface area contributed by atoms with Crippen LogP contribution >= 0.6 is 0 Å². The second kappa shape index (κ2) is 9.95. The standard InChI is InChI=1S/C23H27FN4O4/c1-16-2-5-21(25-15-16)32-18-6-8-27(9-7-18)22(29)19-14-17(24)3-4-20(19)26-23(30)28-10-12-31-13-11-28/h2-5,14-15,18H,6-13H2,1H3,(H,26,30). The van der Waals surface area contributed by atoms with E-state index in [1.807, 2.05) is 19.1 Å². The highest BCUT2D eigenvalue weighted by Crippen LogP contribution is 2.23. The average molecular weight is 442 g/mol. The Morgan fingerprint density at radius 1 is 1.09 bits per heavy atom. The molecular weight excluding hydrogens is 415 g/mol. The van der Waals surface area contributed by atoms with E-state index in [2.05, 4.69) is 10.3 Å². The van der Waals surface area contributed by atoms with E-state index in [0.717, 1.165) is 5.56 Å². The number of aryl methyl sites for hydroxylation is 1. The summed E-state index contributed by atoms with van der Waals surface area (Å²) in [5, 5.41) is 2.76. The lowest BCUT2D eigenvalue weighted by molar-refractivity contribution is 0.0563. The topological polar surface area (TPSA) is 84.0 Å². The Bertz CT molecular complexity index is 955. The molecule has 32 heavy (non-hydrogen) atoms.